The molecule has 4 heteroatoms. The van der Waals surface area contributed by atoms with E-state index < -0.39 is 0 Å². The quantitative estimate of drug-likeness (QED) is 0.591. The zero-order chi connectivity index (χ0) is 8.97. The fraction of sp³-hybridized carbons (Fsp3) is 0.875. The van der Waals surface area contributed by atoms with Gasteiger partial charge in [0.2, 0.25) is 0 Å². The summed E-state index contributed by atoms with van der Waals surface area (Å²) < 4.78 is 4.81. The highest BCUT2D eigenvalue weighted by Crippen LogP contribution is 2.15. The predicted molar refractivity (Wildman–Crippen MR) is 43.7 cm³/mol. The number of carbonyl (C=O) groups excluding carboxylic acids is 1. The van der Waals surface area contributed by atoms with Crippen LogP contribution in [0.25, 0.3) is 0 Å². The van der Waals surface area contributed by atoms with Gasteiger partial charge in [0.15, 0.2) is 0 Å². The van der Waals surface area contributed by atoms with Crippen LogP contribution in [0.15, 0.2) is 0 Å². The molecule has 0 unspecified atom stereocenters. The summed E-state index contributed by atoms with van der Waals surface area (Å²) in [4.78, 5) is 13.2. The van der Waals surface area contributed by atoms with Crippen molar-refractivity contribution < 1.29 is 14.6 Å². The lowest BCUT2D eigenvalue weighted by atomic mass is 10.2. The first-order chi connectivity index (χ1) is 5.75. The first-order valence-electron chi connectivity index (χ1n) is 4.23. The number of aliphatic hydroxyl groups excluding tert-OH is 1. The normalized spacial score (nSPS) is 24.3. The van der Waals surface area contributed by atoms with Gasteiger partial charge in [0.05, 0.1) is 6.61 Å². The summed E-state index contributed by atoms with van der Waals surface area (Å²) in [6, 6.07) is -0.0865. The fourth-order valence-electron chi connectivity index (χ4n) is 1.45. The van der Waals surface area contributed by atoms with Crippen LogP contribution in [0.3, 0.4) is 0 Å². The van der Waals surface area contributed by atoms with E-state index in [1.165, 1.54) is 0 Å². The Morgan fingerprint density at radius 3 is 3.00 bits per heavy atom. The van der Waals surface area contributed by atoms with Crippen molar-refractivity contribution in [3.8, 4) is 0 Å². The Bertz CT molecular complexity index is 160. The van der Waals surface area contributed by atoms with Crippen LogP contribution in [-0.4, -0.2) is 48.8 Å². The second-order valence-electron chi connectivity index (χ2n) is 3.03. The van der Waals surface area contributed by atoms with Crippen molar-refractivity contribution in [1.29, 1.82) is 0 Å². The molecular weight excluding hydrogens is 158 g/mol. The Hall–Kier alpha value is -0.610. The number of ether oxygens (including phenoxy) is 1. The van der Waals surface area contributed by atoms with Crippen LogP contribution < -0.4 is 0 Å². The van der Waals surface area contributed by atoms with Gasteiger partial charge in [-0.05, 0) is 26.4 Å². The third kappa shape index (κ3) is 2.19. The molecule has 1 N–H and O–H groups in total. The molecule has 0 aromatic rings. The molecule has 70 valence electrons. The highest BCUT2D eigenvalue weighted by molar-refractivity contribution is 5.76. The third-order valence-corrected chi connectivity index (χ3v) is 2.13. The van der Waals surface area contributed by atoms with Crippen LogP contribution in [0.5, 0.6) is 0 Å². The highest BCUT2D eigenvalue weighted by atomic mass is 16.5. The van der Waals surface area contributed by atoms with E-state index >= 15 is 0 Å². The average molecular weight is 173 g/mol. The van der Waals surface area contributed by atoms with E-state index in [-0.39, 0.29) is 25.2 Å². The molecule has 0 radical (unpaired) electrons. The molecule has 0 spiro atoms. The summed E-state index contributed by atoms with van der Waals surface area (Å²) in [5, 5.41) is 8.43. The molecule has 1 heterocycles. The van der Waals surface area contributed by atoms with Gasteiger partial charge in [-0.25, -0.2) is 0 Å². The summed E-state index contributed by atoms with van der Waals surface area (Å²) in [5.41, 5.74) is 0. The number of hydrogen-bond acceptors (Lipinski definition) is 4. The summed E-state index contributed by atoms with van der Waals surface area (Å²) in [5.74, 6) is -0.205. The molecule has 4 nitrogen and oxygen atoms in total. The molecule has 1 rings (SSSR count). The van der Waals surface area contributed by atoms with Crippen LogP contribution in [0, 0.1) is 0 Å². The van der Waals surface area contributed by atoms with Crippen molar-refractivity contribution in [1.82, 2.24) is 4.90 Å². The molecule has 1 fully saturated rings. The number of carbonyl (C=O) groups is 1. The first kappa shape index (κ1) is 9.48. The van der Waals surface area contributed by atoms with E-state index in [0.29, 0.717) is 0 Å². The van der Waals surface area contributed by atoms with Gasteiger partial charge in [-0.1, -0.05) is 0 Å². The SMILES string of the molecule is CN1CCC[C@@H]1C(=O)OCCO. The number of esters is 1. The minimum absolute atomic E-state index is 0.0865. The first-order valence-corrected chi connectivity index (χ1v) is 4.23. The third-order valence-electron chi connectivity index (χ3n) is 2.13. The summed E-state index contributed by atoms with van der Waals surface area (Å²) >= 11 is 0. The van der Waals surface area contributed by atoms with Gasteiger partial charge in [-0.3, -0.25) is 9.69 Å². The van der Waals surface area contributed by atoms with E-state index in [9.17, 15) is 4.79 Å². The summed E-state index contributed by atoms with van der Waals surface area (Å²) in [6.45, 7) is 0.976. The maximum absolute atomic E-state index is 11.2. The largest absolute Gasteiger partial charge is 0.462 e. The Balaban J connectivity index is 2.30. The molecule has 0 aromatic carbocycles. The van der Waals surface area contributed by atoms with Crippen molar-refractivity contribution >= 4 is 5.97 Å². The van der Waals surface area contributed by atoms with Crippen LogP contribution in [0.2, 0.25) is 0 Å². The average Bonchev–Trinajstić information content (AvgIpc) is 2.47. The van der Waals surface area contributed by atoms with Gasteiger partial charge < -0.3 is 9.84 Å². The molecule has 1 atom stereocenters. The van der Waals surface area contributed by atoms with Crippen LogP contribution >= 0.6 is 0 Å². The molecule has 12 heavy (non-hydrogen) atoms. The zero-order valence-corrected chi connectivity index (χ0v) is 7.32. The van der Waals surface area contributed by atoms with Gasteiger partial charge in [0, 0.05) is 0 Å². The lowest BCUT2D eigenvalue weighted by molar-refractivity contribution is -0.149. The molecular formula is C8H15NO3. The highest BCUT2D eigenvalue weighted by Gasteiger charge is 2.28. The minimum atomic E-state index is -0.205. The lowest BCUT2D eigenvalue weighted by Crippen LogP contribution is -2.34. The Kier molecular flexibility index (Phi) is 3.49. The summed E-state index contributed by atoms with van der Waals surface area (Å²) in [6.07, 6.45) is 1.93. The molecule has 0 aromatic heterocycles. The zero-order valence-electron chi connectivity index (χ0n) is 7.32. The van der Waals surface area contributed by atoms with Gasteiger partial charge in [0.25, 0.3) is 0 Å². The number of likely N-dealkylation sites (N-methyl/N-ethyl adjacent to an activating group) is 1. The molecule has 1 aliphatic heterocycles. The van der Waals surface area contributed by atoms with Crippen LogP contribution in [-0.2, 0) is 9.53 Å². The minimum Gasteiger partial charge on any atom is -0.462 e. The van der Waals surface area contributed by atoms with E-state index in [1.807, 2.05) is 11.9 Å². The lowest BCUT2D eigenvalue weighted by Gasteiger charge is -2.17. The number of hydrogen-bond donors (Lipinski definition) is 1. The van der Waals surface area contributed by atoms with Crippen molar-refractivity contribution in [2.75, 3.05) is 26.8 Å². The second-order valence-corrected chi connectivity index (χ2v) is 3.03. The predicted octanol–water partition coefficient (Wildman–Crippen LogP) is -0.384. The topological polar surface area (TPSA) is 49.8 Å². The number of aliphatic hydroxyl groups is 1. The standard InChI is InChI=1S/C8H15NO3/c1-9-4-2-3-7(9)8(11)12-6-5-10/h7,10H,2-6H2,1H3/t7-/m1/s1. The number of rotatable bonds is 3. The van der Waals surface area contributed by atoms with E-state index in [0.717, 1.165) is 19.4 Å². The molecule has 0 amide bonds. The maximum atomic E-state index is 11.2. The van der Waals surface area contributed by atoms with Crippen molar-refractivity contribution in [2.24, 2.45) is 0 Å². The van der Waals surface area contributed by atoms with Gasteiger partial charge in [-0.2, -0.15) is 0 Å². The Labute approximate surface area is 72.1 Å². The van der Waals surface area contributed by atoms with Gasteiger partial charge >= 0.3 is 5.97 Å². The van der Waals surface area contributed by atoms with Crippen molar-refractivity contribution in [2.45, 2.75) is 18.9 Å². The molecule has 1 aliphatic rings. The van der Waals surface area contributed by atoms with Gasteiger partial charge in [0.1, 0.15) is 12.6 Å². The van der Waals surface area contributed by atoms with E-state index in [1.54, 1.807) is 0 Å². The smallest absolute Gasteiger partial charge is 0.323 e. The number of likely N-dealkylation sites (tertiary alicyclic amines) is 1. The Morgan fingerprint density at radius 2 is 2.50 bits per heavy atom. The molecule has 0 bridgehead atoms. The molecule has 1 saturated heterocycles. The monoisotopic (exact) mass is 173 g/mol. The van der Waals surface area contributed by atoms with Crippen molar-refractivity contribution in [3.05, 3.63) is 0 Å². The maximum Gasteiger partial charge on any atom is 0.323 e. The Morgan fingerprint density at radius 1 is 1.75 bits per heavy atom. The fourth-order valence-corrected chi connectivity index (χ4v) is 1.45. The van der Waals surface area contributed by atoms with Crippen LogP contribution in [0.4, 0.5) is 0 Å². The van der Waals surface area contributed by atoms with E-state index in [2.05, 4.69) is 0 Å². The molecule has 0 saturated carbocycles. The van der Waals surface area contributed by atoms with Crippen molar-refractivity contribution in [3.63, 3.8) is 0 Å². The van der Waals surface area contributed by atoms with Crippen LogP contribution in [0.1, 0.15) is 12.8 Å². The summed E-state index contributed by atoms with van der Waals surface area (Å²) in [7, 11) is 1.91. The second kappa shape index (κ2) is 4.42. The van der Waals surface area contributed by atoms with E-state index in [4.69, 9.17) is 9.84 Å². The van der Waals surface area contributed by atoms with Gasteiger partial charge in [-0.15, -0.1) is 0 Å². The molecule has 0 aliphatic carbocycles. The number of nitrogens with zero attached hydrogens (tertiary/aromatic N) is 1.